The molecule has 0 bridgehead atoms. The van der Waals surface area contributed by atoms with E-state index in [4.69, 9.17) is 4.74 Å². The first kappa shape index (κ1) is 15.7. The Morgan fingerprint density at radius 3 is 2.88 bits per heavy atom. The molecule has 2 aromatic carbocycles. The first-order valence-corrected chi connectivity index (χ1v) is 7.67. The number of hydrazone groups is 1. The van der Waals surface area contributed by atoms with Crippen molar-refractivity contribution >= 4 is 22.9 Å². The Balaban J connectivity index is 1.88. The van der Waals surface area contributed by atoms with Crippen molar-refractivity contribution in [1.82, 2.24) is 10.4 Å². The highest BCUT2D eigenvalue weighted by atomic mass is 16.5. The monoisotopic (exact) mass is 319 g/mol. The van der Waals surface area contributed by atoms with E-state index in [2.05, 4.69) is 15.5 Å². The lowest BCUT2D eigenvalue weighted by Gasteiger charge is -2.10. The van der Waals surface area contributed by atoms with E-state index in [1.54, 1.807) is 24.5 Å². The maximum Gasteiger partial charge on any atom is 0.272 e. The number of pyridine rings is 1. The summed E-state index contributed by atoms with van der Waals surface area (Å²) in [5.74, 6) is 0.424. The van der Waals surface area contributed by atoms with Gasteiger partial charge in [0.2, 0.25) is 0 Å². The molecule has 0 spiro atoms. The maximum atomic E-state index is 12.0. The van der Waals surface area contributed by atoms with Crippen molar-refractivity contribution in [3.8, 4) is 5.75 Å². The average molecular weight is 319 g/mol. The molecular weight excluding hydrogens is 302 g/mol. The van der Waals surface area contributed by atoms with Gasteiger partial charge in [0.15, 0.2) is 0 Å². The number of benzene rings is 2. The minimum absolute atomic E-state index is 0.308. The topological polar surface area (TPSA) is 63.6 Å². The van der Waals surface area contributed by atoms with E-state index in [9.17, 15) is 4.79 Å². The van der Waals surface area contributed by atoms with Crippen molar-refractivity contribution in [2.75, 3.05) is 6.61 Å². The lowest BCUT2D eigenvalue weighted by atomic mass is 10.0. The third kappa shape index (κ3) is 3.41. The number of nitrogens with one attached hydrogen (secondary N) is 1. The van der Waals surface area contributed by atoms with Crippen LogP contribution in [0.3, 0.4) is 0 Å². The van der Waals surface area contributed by atoms with Gasteiger partial charge in [0.1, 0.15) is 5.75 Å². The molecule has 0 saturated carbocycles. The standard InChI is InChI=1S/C19H17N3O2/c1-2-24-18-10-9-14-6-3-4-8-16(14)17(18)13-21-22-19(23)15-7-5-11-20-12-15/h3-13H,2H2,1H3,(H,22,23)/b21-13-. The van der Waals surface area contributed by atoms with Gasteiger partial charge in [-0.3, -0.25) is 9.78 Å². The van der Waals surface area contributed by atoms with E-state index < -0.39 is 0 Å². The number of rotatable bonds is 5. The highest BCUT2D eigenvalue weighted by molar-refractivity contribution is 6.03. The van der Waals surface area contributed by atoms with Crippen LogP contribution < -0.4 is 10.2 Å². The molecule has 0 saturated heterocycles. The SMILES string of the molecule is CCOc1ccc2ccccc2c1/C=N\NC(=O)c1cccnc1. The first-order valence-electron chi connectivity index (χ1n) is 7.67. The number of ether oxygens (including phenoxy) is 1. The Morgan fingerprint density at radius 1 is 1.21 bits per heavy atom. The quantitative estimate of drug-likeness (QED) is 0.579. The van der Waals surface area contributed by atoms with Crippen molar-refractivity contribution in [2.24, 2.45) is 5.10 Å². The molecule has 5 heteroatoms. The van der Waals surface area contributed by atoms with Gasteiger partial charge in [-0.25, -0.2) is 5.43 Å². The zero-order valence-corrected chi connectivity index (χ0v) is 13.3. The number of nitrogens with zero attached hydrogens (tertiary/aromatic N) is 2. The highest BCUT2D eigenvalue weighted by Gasteiger charge is 2.07. The van der Waals surface area contributed by atoms with Crippen molar-refractivity contribution < 1.29 is 9.53 Å². The van der Waals surface area contributed by atoms with Gasteiger partial charge in [0.05, 0.1) is 18.4 Å². The van der Waals surface area contributed by atoms with Crippen LogP contribution in [-0.2, 0) is 0 Å². The molecule has 0 unspecified atom stereocenters. The van der Waals surface area contributed by atoms with Crippen LogP contribution in [0.4, 0.5) is 0 Å². The lowest BCUT2D eigenvalue weighted by Crippen LogP contribution is -2.17. The fourth-order valence-electron chi connectivity index (χ4n) is 2.41. The third-order valence-corrected chi connectivity index (χ3v) is 3.51. The minimum atomic E-state index is -0.308. The number of amides is 1. The van der Waals surface area contributed by atoms with Gasteiger partial charge in [0, 0.05) is 18.0 Å². The molecule has 3 rings (SSSR count). The van der Waals surface area contributed by atoms with E-state index in [1.165, 1.54) is 6.20 Å². The lowest BCUT2D eigenvalue weighted by molar-refractivity contribution is 0.0954. The van der Waals surface area contributed by atoms with Crippen LogP contribution in [-0.4, -0.2) is 23.7 Å². The number of carbonyl (C=O) groups is 1. The van der Waals surface area contributed by atoms with Crippen LogP contribution in [0.2, 0.25) is 0 Å². The summed E-state index contributed by atoms with van der Waals surface area (Å²) < 4.78 is 5.67. The molecule has 120 valence electrons. The molecule has 0 radical (unpaired) electrons. The van der Waals surface area contributed by atoms with Crippen LogP contribution in [0.1, 0.15) is 22.8 Å². The van der Waals surface area contributed by atoms with Gasteiger partial charge in [-0.05, 0) is 35.9 Å². The van der Waals surface area contributed by atoms with Gasteiger partial charge in [-0.15, -0.1) is 0 Å². The molecule has 0 fully saturated rings. The normalized spacial score (nSPS) is 10.9. The third-order valence-electron chi connectivity index (χ3n) is 3.51. The largest absolute Gasteiger partial charge is 0.493 e. The van der Waals surface area contributed by atoms with Crippen LogP contribution in [0, 0.1) is 0 Å². The Kier molecular flexibility index (Phi) is 4.81. The van der Waals surface area contributed by atoms with E-state index >= 15 is 0 Å². The molecule has 1 N–H and O–H groups in total. The summed E-state index contributed by atoms with van der Waals surface area (Å²) >= 11 is 0. The number of hydrogen-bond donors (Lipinski definition) is 1. The summed E-state index contributed by atoms with van der Waals surface area (Å²) in [4.78, 5) is 15.9. The maximum absolute atomic E-state index is 12.0. The summed E-state index contributed by atoms with van der Waals surface area (Å²) in [6, 6.07) is 15.3. The summed E-state index contributed by atoms with van der Waals surface area (Å²) in [6.07, 6.45) is 4.72. The van der Waals surface area contributed by atoms with Crippen molar-refractivity contribution in [2.45, 2.75) is 6.92 Å². The zero-order chi connectivity index (χ0) is 16.8. The molecule has 0 aliphatic rings. The zero-order valence-electron chi connectivity index (χ0n) is 13.3. The van der Waals surface area contributed by atoms with E-state index in [0.717, 1.165) is 22.1 Å². The second kappa shape index (κ2) is 7.37. The highest BCUT2D eigenvalue weighted by Crippen LogP contribution is 2.26. The molecule has 0 atom stereocenters. The van der Waals surface area contributed by atoms with Gasteiger partial charge in [-0.1, -0.05) is 30.3 Å². The fraction of sp³-hybridized carbons (Fsp3) is 0.105. The molecule has 0 aliphatic heterocycles. The van der Waals surface area contributed by atoms with Gasteiger partial charge in [0.25, 0.3) is 5.91 Å². The number of fused-ring (bicyclic) bond motifs is 1. The Labute approximate surface area is 140 Å². The summed E-state index contributed by atoms with van der Waals surface area (Å²) in [5, 5.41) is 6.18. The molecule has 1 amide bonds. The molecule has 0 aliphatic carbocycles. The Hall–Kier alpha value is -3.21. The minimum Gasteiger partial charge on any atom is -0.493 e. The number of aromatic nitrogens is 1. The first-order chi connectivity index (χ1) is 11.8. The number of hydrogen-bond acceptors (Lipinski definition) is 4. The van der Waals surface area contributed by atoms with Gasteiger partial charge < -0.3 is 4.74 Å². The summed E-state index contributed by atoms with van der Waals surface area (Å²) in [5.41, 5.74) is 3.81. The molecular formula is C19H17N3O2. The smallest absolute Gasteiger partial charge is 0.272 e. The van der Waals surface area contributed by atoms with Gasteiger partial charge >= 0.3 is 0 Å². The average Bonchev–Trinajstić information content (AvgIpc) is 2.64. The van der Waals surface area contributed by atoms with E-state index in [1.807, 2.05) is 43.3 Å². The fourth-order valence-corrected chi connectivity index (χ4v) is 2.41. The summed E-state index contributed by atoms with van der Waals surface area (Å²) in [6.45, 7) is 2.49. The molecule has 3 aromatic rings. The van der Waals surface area contributed by atoms with Gasteiger partial charge in [-0.2, -0.15) is 5.10 Å². The van der Waals surface area contributed by atoms with Crippen LogP contribution >= 0.6 is 0 Å². The van der Waals surface area contributed by atoms with Crippen molar-refractivity contribution in [3.05, 3.63) is 72.1 Å². The number of carbonyl (C=O) groups excluding carboxylic acids is 1. The Morgan fingerprint density at radius 2 is 2.08 bits per heavy atom. The molecule has 1 aromatic heterocycles. The summed E-state index contributed by atoms with van der Waals surface area (Å²) in [7, 11) is 0. The van der Waals surface area contributed by atoms with E-state index in [0.29, 0.717) is 12.2 Å². The Bertz CT molecular complexity index is 876. The van der Waals surface area contributed by atoms with Crippen LogP contribution in [0.25, 0.3) is 10.8 Å². The van der Waals surface area contributed by atoms with E-state index in [-0.39, 0.29) is 5.91 Å². The van der Waals surface area contributed by atoms with Crippen LogP contribution in [0.5, 0.6) is 5.75 Å². The predicted molar refractivity (Wildman–Crippen MR) is 94.4 cm³/mol. The second-order valence-corrected chi connectivity index (χ2v) is 5.07. The van der Waals surface area contributed by atoms with Crippen LogP contribution in [0.15, 0.2) is 66.0 Å². The van der Waals surface area contributed by atoms with Crippen molar-refractivity contribution in [1.29, 1.82) is 0 Å². The molecule has 1 heterocycles. The van der Waals surface area contributed by atoms with Crippen molar-refractivity contribution in [3.63, 3.8) is 0 Å². The predicted octanol–water partition coefficient (Wildman–Crippen LogP) is 3.40. The molecule has 5 nitrogen and oxygen atoms in total. The second-order valence-electron chi connectivity index (χ2n) is 5.07. The molecule has 24 heavy (non-hydrogen) atoms.